The third-order valence-corrected chi connectivity index (χ3v) is 5.51. The van der Waals surface area contributed by atoms with Crippen LogP contribution in [0.25, 0.3) is 16.6 Å². The zero-order chi connectivity index (χ0) is 22.9. The number of benzene rings is 1. The van der Waals surface area contributed by atoms with Crippen molar-refractivity contribution >= 4 is 40.4 Å². The number of anilines is 1. The molecule has 2 N–H and O–H groups in total. The van der Waals surface area contributed by atoms with Crippen LogP contribution in [0.1, 0.15) is 16.1 Å². The van der Waals surface area contributed by atoms with Gasteiger partial charge in [-0.25, -0.2) is 4.98 Å². The first kappa shape index (κ1) is 20.6. The van der Waals surface area contributed by atoms with Crippen LogP contribution in [-0.4, -0.2) is 34.6 Å². The molecule has 0 saturated carbocycles. The lowest BCUT2D eigenvalue weighted by atomic mass is 10.1. The SMILES string of the molecule is C=CCn1c(=S)[nH]c2cc(C(=O)Nc3cnn(Cc4cn5ccccc5n4)c3)ccc2c1=O. The Hall–Kier alpha value is -4.31. The monoisotopic (exact) mass is 457 g/mol. The third kappa shape index (κ3) is 3.99. The van der Waals surface area contributed by atoms with Crippen molar-refractivity contribution in [3.63, 3.8) is 0 Å². The number of pyridine rings is 1. The van der Waals surface area contributed by atoms with Gasteiger partial charge in [0.15, 0.2) is 4.77 Å². The Balaban J connectivity index is 1.34. The highest BCUT2D eigenvalue weighted by Crippen LogP contribution is 2.14. The first-order valence-electron chi connectivity index (χ1n) is 10.2. The fraction of sp³-hybridized carbons (Fsp3) is 0.0870. The highest BCUT2D eigenvalue weighted by Gasteiger charge is 2.12. The summed E-state index contributed by atoms with van der Waals surface area (Å²) in [6, 6.07) is 10.6. The molecule has 0 bridgehead atoms. The van der Waals surface area contributed by atoms with Crippen molar-refractivity contribution in [3.05, 3.63) is 100 Å². The summed E-state index contributed by atoms with van der Waals surface area (Å²) < 4.78 is 5.34. The van der Waals surface area contributed by atoms with Crippen LogP contribution in [0.3, 0.4) is 0 Å². The van der Waals surface area contributed by atoms with E-state index >= 15 is 0 Å². The van der Waals surface area contributed by atoms with E-state index in [4.69, 9.17) is 12.2 Å². The number of H-pyrrole nitrogens is 1. The number of fused-ring (bicyclic) bond motifs is 2. The van der Waals surface area contributed by atoms with Crippen LogP contribution < -0.4 is 10.9 Å². The van der Waals surface area contributed by atoms with Crippen molar-refractivity contribution in [1.29, 1.82) is 0 Å². The summed E-state index contributed by atoms with van der Waals surface area (Å²) in [6.07, 6.45) is 8.80. The number of amides is 1. The number of nitrogens with zero attached hydrogens (tertiary/aromatic N) is 5. The molecule has 0 fully saturated rings. The molecule has 0 saturated heterocycles. The lowest BCUT2D eigenvalue weighted by molar-refractivity contribution is 0.102. The second-order valence-corrected chi connectivity index (χ2v) is 7.86. The van der Waals surface area contributed by atoms with Gasteiger partial charge in [-0.05, 0) is 42.5 Å². The Labute approximate surface area is 192 Å². The Kier molecular flexibility index (Phi) is 5.19. The maximum atomic E-state index is 12.8. The van der Waals surface area contributed by atoms with Gasteiger partial charge in [0.05, 0.1) is 35.0 Å². The minimum atomic E-state index is -0.321. The number of hydrogen-bond donors (Lipinski definition) is 2. The molecule has 1 aromatic carbocycles. The Bertz CT molecular complexity index is 1610. The molecule has 33 heavy (non-hydrogen) atoms. The number of carbonyl (C=O) groups is 1. The van der Waals surface area contributed by atoms with E-state index in [1.807, 2.05) is 35.0 Å². The van der Waals surface area contributed by atoms with E-state index in [9.17, 15) is 9.59 Å². The molecule has 4 heterocycles. The van der Waals surface area contributed by atoms with Gasteiger partial charge in [-0.3, -0.25) is 18.8 Å². The quantitative estimate of drug-likeness (QED) is 0.301. The van der Waals surface area contributed by atoms with Crippen LogP contribution in [0, 0.1) is 4.77 Å². The molecule has 164 valence electrons. The zero-order valence-corrected chi connectivity index (χ0v) is 18.2. The summed E-state index contributed by atoms with van der Waals surface area (Å²) in [4.78, 5) is 33.0. The van der Waals surface area contributed by atoms with Crippen LogP contribution in [0.5, 0.6) is 0 Å². The highest BCUT2D eigenvalue weighted by atomic mass is 32.1. The zero-order valence-electron chi connectivity index (χ0n) is 17.4. The summed E-state index contributed by atoms with van der Waals surface area (Å²) in [6.45, 7) is 4.43. The molecule has 5 aromatic rings. The molecule has 1 amide bonds. The van der Waals surface area contributed by atoms with Gasteiger partial charge in [-0.2, -0.15) is 5.10 Å². The molecule has 4 aromatic heterocycles. The maximum absolute atomic E-state index is 12.8. The minimum Gasteiger partial charge on any atom is -0.332 e. The minimum absolute atomic E-state index is 0.228. The molecule has 0 radical (unpaired) electrons. The van der Waals surface area contributed by atoms with Crippen LogP contribution in [0.4, 0.5) is 5.69 Å². The average Bonchev–Trinajstić information content (AvgIpc) is 3.42. The second-order valence-electron chi connectivity index (χ2n) is 7.47. The van der Waals surface area contributed by atoms with E-state index in [0.717, 1.165) is 11.3 Å². The van der Waals surface area contributed by atoms with Crippen LogP contribution >= 0.6 is 12.2 Å². The fourth-order valence-corrected chi connectivity index (χ4v) is 3.91. The Morgan fingerprint density at radius 2 is 2.12 bits per heavy atom. The van der Waals surface area contributed by atoms with Crippen molar-refractivity contribution in [2.24, 2.45) is 0 Å². The smallest absolute Gasteiger partial charge is 0.262 e. The summed E-state index contributed by atoms with van der Waals surface area (Å²) in [5.74, 6) is -0.321. The van der Waals surface area contributed by atoms with E-state index in [2.05, 4.69) is 27.0 Å². The van der Waals surface area contributed by atoms with Gasteiger partial charge in [0.25, 0.3) is 11.5 Å². The third-order valence-electron chi connectivity index (χ3n) is 5.18. The molecule has 0 aliphatic rings. The number of allylic oxidation sites excluding steroid dienone is 1. The molecule has 0 spiro atoms. The van der Waals surface area contributed by atoms with Crippen molar-refractivity contribution in [2.45, 2.75) is 13.1 Å². The number of imidazole rings is 1. The van der Waals surface area contributed by atoms with Crippen molar-refractivity contribution < 1.29 is 4.79 Å². The van der Waals surface area contributed by atoms with Gasteiger partial charge in [0.2, 0.25) is 0 Å². The van der Waals surface area contributed by atoms with Crippen LogP contribution in [0.15, 0.2) is 78.6 Å². The summed E-state index contributed by atoms with van der Waals surface area (Å²) >= 11 is 5.27. The molecule has 9 nitrogen and oxygen atoms in total. The molecule has 0 atom stereocenters. The number of aromatic amines is 1. The normalized spacial score (nSPS) is 11.2. The van der Waals surface area contributed by atoms with Gasteiger partial charge in [0, 0.05) is 30.7 Å². The Morgan fingerprint density at radius 3 is 2.94 bits per heavy atom. The molecule has 10 heteroatoms. The first-order valence-corrected chi connectivity index (χ1v) is 10.6. The fourth-order valence-electron chi connectivity index (χ4n) is 3.64. The molecular formula is C23H19N7O2S. The molecule has 0 aliphatic carbocycles. The standard InChI is InChI=1S/C23H19N7O2S/c1-2-8-30-22(32)18-7-6-15(10-19(18)27-23(30)33)21(31)26-16-11-24-29(13-16)14-17-12-28-9-4-3-5-20(28)25-17/h2-7,9-13H,1,8,14H2,(H,26,31)(H,27,33). The van der Waals surface area contributed by atoms with Gasteiger partial charge in [-0.15, -0.1) is 6.58 Å². The predicted octanol–water partition coefficient (Wildman–Crippen LogP) is 3.39. The highest BCUT2D eigenvalue weighted by molar-refractivity contribution is 7.71. The van der Waals surface area contributed by atoms with Crippen molar-refractivity contribution in [2.75, 3.05) is 5.32 Å². The second kappa shape index (κ2) is 8.32. The summed E-state index contributed by atoms with van der Waals surface area (Å²) in [7, 11) is 0. The average molecular weight is 458 g/mol. The summed E-state index contributed by atoms with van der Waals surface area (Å²) in [5.41, 5.74) is 2.93. The number of carbonyl (C=O) groups excluding carboxylic acids is 1. The van der Waals surface area contributed by atoms with Gasteiger partial charge >= 0.3 is 0 Å². The molecular weight excluding hydrogens is 438 g/mol. The van der Waals surface area contributed by atoms with Gasteiger partial charge in [-0.1, -0.05) is 12.1 Å². The van der Waals surface area contributed by atoms with E-state index in [0.29, 0.717) is 35.2 Å². The van der Waals surface area contributed by atoms with Gasteiger partial charge < -0.3 is 14.7 Å². The largest absolute Gasteiger partial charge is 0.332 e. The van der Waals surface area contributed by atoms with Gasteiger partial charge in [0.1, 0.15) is 5.65 Å². The predicted molar refractivity (Wildman–Crippen MR) is 128 cm³/mol. The van der Waals surface area contributed by atoms with Crippen molar-refractivity contribution in [1.82, 2.24) is 28.7 Å². The van der Waals surface area contributed by atoms with E-state index < -0.39 is 0 Å². The lowest BCUT2D eigenvalue weighted by Crippen LogP contribution is -2.22. The molecule has 0 unspecified atom stereocenters. The maximum Gasteiger partial charge on any atom is 0.262 e. The number of rotatable bonds is 6. The van der Waals surface area contributed by atoms with E-state index in [-0.39, 0.29) is 16.2 Å². The number of aromatic nitrogens is 6. The topological polar surface area (TPSA) is 102 Å². The first-order chi connectivity index (χ1) is 16.0. The van der Waals surface area contributed by atoms with E-state index in [1.165, 1.54) is 4.57 Å². The molecule has 0 aliphatic heterocycles. The number of nitrogens with one attached hydrogen (secondary N) is 2. The van der Waals surface area contributed by atoms with E-state index in [1.54, 1.807) is 41.4 Å². The number of hydrogen-bond acceptors (Lipinski definition) is 5. The lowest BCUT2D eigenvalue weighted by Gasteiger charge is -2.07. The van der Waals surface area contributed by atoms with Crippen LogP contribution in [0.2, 0.25) is 0 Å². The Morgan fingerprint density at radius 1 is 1.24 bits per heavy atom. The summed E-state index contributed by atoms with van der Waals surface area (Å²) in [5, 5.41) is 7.59. The molecule has 5 rings (SSSR count). The van der Waals surface area contributed by atoms with Crippen LogP contribution in [-0.2, 0) is 13.1 Å². The van der Waals surface area contributed by atoms with Crippen molar-refractivity contribution in [3.8, 4) is 0 Å².